The maximum absolute atomic E-state index is 12.3. The van der Waals surface area contributed by atoms with Crippen molar-refractivity contribution < 1.29 is 9.59 Å². The molecular formula is C15H20N2O2. The smallest absolute Gasteiger partial charge is 0.246 e. The van der Waals surface area contributed by atoms with Gasteiger partial charge in [-0.3, -0.25) is 9.59 Å². The summed E-state index contributed by atoms with van der Waals surface area (Å²) in [4.78, 5) is 27.1. The van der Waals surface area contributed by atoms with Gasteiger partial charge in [-0.1, -0.05) is 18.2 Å². The molecule has 102 valence electrons. The van der Waals surface area contributed by atoms with Crippen LogP contribution in [0.25, 0.3) is 0 Å². The molecule has 1 aromatic rings. The fourth-order valence-electron chi connectivity index (χ4n) is 2.60. The quantitative estimate of drug-likeness (QED) is 0.832. The van der Waals surface area contributed by atoms with Crippen molar-refractivity contribution in [3.8, 4) is 0 Å². The second-order valence-corrected chi connectivity index (χ2v) is 5.11. The average Bonchev–Trinajstić information content (AvgIpc) is 2.74. The summed E-state index contributed by atoms with van der Waals surface area (Å²) in [5.74, 6) is 0.0518. The van der Waals surface area contributed by atoms with Crippen LogP contribution in [0.1, 0.15) is 24.0 Å². The zero-order chi connectivity index (χ0) is 14.0. The molecule has 1 aliphatic rings. The van der Waals surface area contributed by atoms with Gasteiger partial charge in [0.1, 0.15) is 6.54 Å². The Morgan fingerprint density at radius 3 is 2.47 bits per heavy atom. The second-order valence-electron chi connectivity index (χ2n) is 5.11. The van der Waals surface area contributed by atoms with Crippen LogP contribution in [0.2, 0.25) is 0 Å². The Labute approximate surface area is 114 Å². The molecule has 2 rings (SSSR count). The molecule has 1 aromatic carbocycles. The van der Waals surface area contributed by atoms with Gasteiger partial charge >= 0.3 is 0 Å². The summed E-state index contributed by atoms with van der Waals surface area (Å²) >= 11 is 0. The number of rotatable bonds is 3. The van der Waals surface area contributed by atoms with E-state index in [-0.39, 0.29) is 18.4 Å². The van der Waals surface area contributed by atoms with Gasteiger partial charge < -0.3 is 9.80 Å². The highest BCUT2D eigenvalue weighted by Crippen LogP contribution is 2.23. The van der Waals surface area contributed by atoms with Crippen molar-refractivity contribution in [1.29, 1.82) is 0 Å². The maximum atomic E-state index is 12.3. The highest BCUT2D eigenvalue weighted by Gasteiger charge is 2.24. The van der Waals surface area contributed by atoms with Gasteiger partial charge in [0, 0.05) is 25.7 Å². The molecule has 0 saturated carbocycles. The lowest BCUT2D eigenvalue weighted by molar-refractivity contribution is -0.132. The van der Waals surface area contributed by atoms with E-state index in [1.54, 1.807) is 16.8 Å². The molecule has 19 heavy (non-hydrogen) atoms. The lowest BCUT2D eigenvalue weighted by Gasteiger charge is -2.24. The molecule has 0 bridgehead atoms. The third-order valence-electron chi connectivity index (χ3n) is 3.65. The zero-order valence-corrected chi connectivity index (χ0v) is 11.8. The average molecular weight is 260 g/mol. The van der Waals surface area contributed by atoms with Gasteiger partial charge in [0.25, 0.3) is 0 Å². The Kier molecular flexibility index (Phi) is 3.88. The number of anilines is 1. The Hall–Kier alpha value is -1.84. The van der Waals surface area contributed by atoms with E-state index in [2.05, 4.69) is 0 Å². The summed E-state index contributed by atoms with van der Waals surface area (Å²) in [6.45, 7) is 4.87. The van der Waals surface area contributed by atoms with E-state index < -0.39 is 0 Å². The number of nitrogens with zero attached hydrogens (tertiary/aromatic N) is 2. The number of likely N-dealkylation sites (N-methyl/N-ethyl adjacent to an activating group) is 1. The summed E-state index contributed by atoms with van der Waals surface area (Å²) in [7, 11) is 1.78. The van der Waals surface area contributed by atoms with Gasteiger partial charge in [0.05, 0.1) is 0 Å². The molecule has 0 spiro atoms. The number of para-hydroxylation sites is 1. The second kappa shape index (κ2) is 5.43. The molecule has 0 atom stereocenters. The lowest BCUT2D eigenvalue weighted by Crippen LogP contribution is -2.39. The zero-order valence-electron chi connectivity index (χ0n) is 11.8. The van der Waals surface area contributed by atoms with Crippen LogP contribution in [0, 0.1) is 13.8 Å². The van der Waals surface area contributed by atoms with Crippen LogP contribution in [0.5, 0.6) is 0 Å². The molecule has 4 heteroatoms. The minimum Gasteiger partial charge on any atom is -0.333 e. The van der Waals surface area contributed by atoms with Crippen molar-refractivity contribution in [1.82, 2.24) is 4.90 Å². The van der Waals surface area contributed by atoms with Crippen LogP contribution in [0.4, 0.5) is 5.69 Å². The normalized spacial score (nSPS) is 14.9. The molecule has 0 N–H and O–H groups in total. The van der Waals surface area contributed by atoms with E-state index in [1.807, 2.05) is 32.0 Å². The summed E-state index contributed by atoms with van der Waals surface area (Å²) in [5.41, 5.74) is 3.09. The maximum Gasteiger partial charge on any atom is 0.246 e. The van der Waals surface area contributed by atoms with Crippen molar-refractivity contribution in [2.75, 3.05) is 25.0 Å². The van der Waals surface area contributed by atoms with Gasteiger partial charge in [-0.25, -0.2) is 0 Å². The highest BCUT2D eigenvalue weighted by molar-refractivity contribution is 5.97. The van der Waals surface area contributed by atoms with Crippen molar-refractivity contribution in [2.24, 2.45) is 0 Å². The lowest BCUT2D eigenvalue weighted by atomic mass is 10.1. The van der Waals surface area contributed by atoms with Crippen LogP contribution in [0.15, 0.2) is 18.2 Å². The number of aryl methyl sites for hydroxylation is 2. The first kappa shape index (κ1) is 13.6. The molecule has 1 fully saturated rings. The molecule has 1 aliphatic heterocycles. The number of benzene rings is 1. The van der Waals surface area contributed by atoms with Crippen LogP contribution >= 0.6 is 0 Å². The molecule has 0 aromatic heterocycles. The van der Waals surface area contributed by atoms with Gasteiger partial charge in [0.15, 0.2) is 0 Å². The minimum absolute atomic E-state index is 0.0346. The number of likely N-dealkylation sites (tertiary alicyclic amines) is 1. The fraction of sp³-hybridized carbons (Fsp3) is 0.467. The topological polar surface area (TPSA) is 40.6 Å². The number of amides is 2. The summed E-state index contributed by atoms with van der Waals surface area (Å²) in [5, 5.41) is 0. The fourth-order valence-corrected chi connectivity index (χ4v) is 2.60. The number of hydrogen-bond acceptors (Lipinski definition) is 2. The first-order valence-electron chi connectivity index (χ1n) is 6.61. The van der Waals surface area contributed by atoms with E-state index >= 15 is 0 Å². The van der Waals surface area contributed by atoms with Crippen molar-refractivity contribution >= 4 is 17.5 Å². The van der Waals surface area contributed by atoms with Crippen LogP contribution in [-0.4, -0.2) is 36.9 Å². The minimum atomic E-state index is -0.0346. The monoisotopic (exact) mass is 260 g/mol. The Morgan fingerprint density at radius 2 is 1.95 bits per heavy atom. The standard InChI is InChI=1S/C15H20N2O2/c1-11-6-4-7-12(2)15(11)16(3)14(19)10-17-9-5-8-13(17)18/h4,6-7H,5,8-10H2,1-3H3. The molecule has 4 nitrogen and oxygen atoms in total. The molecule has 0 unspecified atom stereocenters. The SMILES string of the molecule is Cc1cccc(C)c1N(C)C(=O)CN1CCCC1=O. The van der Waals surface area contributed by atoms with Crippen molar-refractivity contribution in [3.05, 3.63) is 29.3 Å². The highest BCUT2D eigenvalue weighted by atomic mass is 16.2. The van der Waals surface area contributed by atoms with Gasteiger partial charge in [-0.05, 0) is 31.4 Å². The molecule has 0 aliphatic carbocycles. The first-order valence-corrected chi connectivity index (χ1v) is 6.61. The summed E-state index contributed by atoms with van der Waals surface area (Å²) in [6.07, 6.45) is 1.43. The number of hydrogen-bond donors (Lipinski definition) is 0. The third-order valence-corrected chi connectivity index (χ3v) is 3.65. The van der Waals surface area contributed by atoms with E-state index in [9.17, 15) is 9.59 Å². The van der Waals surface area contributed by atoms with Crippen LogP contribution < -0.4 is 4.90 Å². The van der Waals surface area contributed by atoms with E-state index in [0.29, 0.717) is 13.0 Å². The van der Waals surface area contributed by atoms with E-state index in [1.165, 1.54) is 0 Å². The summed E-state index contributed by atoms with van der Waals surface area (Å²) in [6, 6.07) is 5.97. The van der Waals surface area contributed by atoms with Crippen molar-refractivity contribution in [3.63, 3.8) is 0 Å². The van der Waals surface area contributed by atoms with E-state index in [4.69, 9.17) is 0 Å². The predicted molar refractivity (Wildman–Crippen MR) is 75.1 cm³/mol. The molecule has 1 saturated heterocycles. The molecule has 0 radical (unpaired) electrons. The number of carbonyl (C=O) groups is 2. The predicted octanol–water partition coefficient (Wildman–Crippen LogP) is 1.89. The van der Waals surface area contributed by atoms with Gasteiger partial charge in [0.2, 0.25) is 11.8 Å². The Bertz CT molecular complexity index is 491. The van der Waals surface area contributed by atoms with Crippen molar-refractivity contribution in [2.45, 2.75) is 26.7 Å². The Balaban J connectivity index is 2.13. The van der Waals surface area contributed by atoms with Gasteiger partial charge in [-0.15, -0.1) is 0 Å². The van der Waals surface area contributed by atoms with E-state index in [0.717, 1.165) is 23.2 Å². The van der Waals surface area contributed by atoms with Crippen LogP contribution in [-0.2, 0) is 9.59 Å². The van der Waals surface area contributed by atoms with Gasteiger partial charge in [-0.2, -0.15) is 0 Å². The Morgan fingerprint density at radius 1 is 1.32 bits per heavy atom. The molecule has 1 heterocycles. The summed E-state index contributed by atoms with van der Waals surface area (Å²) < 4.78 is 0. The van der Waals surface area contributed by atoms with Crippen LogP contribution in [0.3, 0.4) is 0 Å². The molecular weight excluding hydrogens is 240 g/mol. The number of carbonyl (C=O) groups excluding carboxylic acids is 2. The first-order chi connectivity index (χ1) is 9.00. The largest absolute Gasteiger partial charge is 0.333 e. The third kappa shape index (κ3) is 2.78. The molecule has 2 amide bonds.